The molecule has 5 heteroatoms. The molecule has 0 fully saturated rings. The number of aromatic hydroxyl groups is 2. The van der Waals surface area contributed by atoms with Gasteiger partial charge < -0.3 is 19.4 Å². The molecular formula is C22H27NO4. The van der Waals surface area contributed by atoms with E-state index in [1.807, 2.05) is 6.07 Å². The number of benzene rings is 2. The van der Waals surface area contributed by atoms with Gasteiger partial charge in [0.2, 0.25) is 5.89 Å². The topological polar surface area (TPSA) is 75.7 Å². The smallest absolute Gasteiger partial charge is 0.231 e. The summed E-state index contributed by atoms with van der Waals surface area (Å²) >= 11 is 0. The number of nitrogens with zero attached hydrogens (tertiary/aromatic N) is 1. The second kappa shape index (κ2) is 6.19. The van der Waals surface area contributed by atoms with Crippen molar-refractivity contribution in [2.75, 3.05) is 7.11 Å². The molecule has 0 aliphatic rings. The average Bonchev–Trinajstić information content (AvgIpc) is 2.98. The molecule has 144 valence electrons. The molecule has 0 atom stereocenters. The van der Waals surface area contributed by atoms with Crippen LogP contribution in [0.3, 0.4) is 0 Å². The molecule has 0 radical (unpaired) electrons. The summed E-state index contributed by atoms with van der Waals surface area (Å²) in [5.74, 6) is 0.979. The summed E-state index contributed by atoms with van der Waals surface area (Å²) in [6.45, 7) is 12.4. The number of hydrogen-bond donors (Lipinski definition) is 2. The van der Waals surface area contributed by atoms with Crippen molar-refractivity contribution in [1.82, 2.24) is 4.98 Å². The van der Waals surface area contributed by atoms with Crippen LogP contribution < -0.4 is 4.74 Å². The maximum atomic E-state index is 10.9. The molecule has 1 heterocycles. The van der Waals surface area contributed by atoms with Gasteiger partial charge in [0.1, 0.15) is 17.2 Å². The number of ether oxygens (including phenoxy) is 1. The lowest BCUT2D eigenvalue weighted by atomic mass is 9.79. The van der Waals surface area contributed by atoms with Crippen molar-refractivity contribution < 1.29 is 19.4 Å². The number of fused-ring (bicyclic) bond motifs is 1. The van der Waals surface area contributed by atoms with Crippen LogP contribution in [-0.2, 0) is 10.8 Å². The second-order valence-corrected chi connectivity index (χ2v) is 8.90. The molecule has 5 nitrogen and oxygen atoms in total. The van der Waals surface area contributed by atoms with Crippen molar-refractivity contribution in [3.05, 3.63) is 35.4 Å². The summed E-state index contributed by atoms with van der Waals surface area (Å²) in [6.07, 6.45) is 0. The monoisotopic (exact) mass is 369 g/mol. The fourth-order valence-corrected chi connectivity index (χ4v) is 3.13. The summed E-state index contributed by atoms with van der Waals surface area (Å²) in [5.41, 5.74) is 2.67. The first kappa shape index (κ1) is 19.1. The summed E-state index contributed by atoms with van der Waals surface area (Å²) < 4.78 is 11.3. The van der Waals surface area contributed by atoms with E-state index in [4.69, 9.17) is 9.15 Å². The lowest BCUT2D eigenvalue weighted by molar-refractivity contribution is 0.412. The summed E-state index contributed by atoms with van der Waals surface area (Å²) in [7, 11) is 1.56. The Bertz CT molecular complexity index is 1000. The minimum Gasteiger partial charge on any atom is -0.507 e. The molecule has 0 unspecified atom stereocenters. The molecule has 0 amide bonds. The Morgan fingerprint density at radius 3 is 2.11 bits per heavy atom. The number of rotatable bonds is 2. The quantitative estimate of drug-likeness (QED) is 0.623. The molecule has 0 saturated heterocycles. The molecule has 3 rings (SSSR count). The molecular weight excluding hydrogens is 342 g/mol. The van der Waals surface area contributed by atoms with Crippen LogP contribution >= 0.6 is 0 Å². The van der Waals surface area contributed by atoms with E-state index in [-0.39, 0.29) is 28.2 Å². The van der Waals surface area contributed by atoms with E-state index in [2.05, 4.69) is 46.5 Å². The van der Waals surface area contributed by atoms with Crippen LogP contribution in [0.5, 0.6) is 17.2 Å². The highest BCUT2D eigenvalue weighted by Gasteiger charge is 2.29. The minimum atomic E-state index is -0.254. The Morgan fingerprint density at radius 1 is 0.926 bits per heavy atom. The molecule has 0 aliphatic carbocycles. The first-order chi connectivity index (χ1) is 12.4. The fourth-order valence-electron chi connectivity index (χ4n) is 3.13. The van der Waals surface area contributed by atoms with E-state index in [1.165, 1.54) is 6.07 Å². The zero-order valence-electron chi connectivity index (χ0n) is 17.0. The molecule has 2 aromatic carbocycles. The van der Waals surface area contributed by atoms with Gasteiger partial charge in [-0.25, -0.2) is 4.98 Å². The van der Waals surface area contributed by atoms with Crippen molar-refractivity contribution >= 4 is 11.1 Å². The summed E-state index contributed by atoms with van der Waals surface area (Å²) in [6, 6.07) is 6.86. The van der Waals surface area contributed by atoms with Gasteiger partial charge in [-0.05, 0) is 35.1 Å². The molecule has 0 aliphatic heterocycles. The number of phenols is 2. The third kappa shape index (κ3) is 3.34. The van der Waals surface area contributed by atoms with Gasteiger partial charge in [-0.15, -0.1) is 0 Å². The predicted molar refractivity (Wildman–Crippen MR) is 107 cm³/mol. The standard InChI is InChI=1S/C22H27NO4/c1-21(2,3)14-11-15(22(4,5)6)19-17(18(14)25)23-20(27-19)13-10-12(26-7)8-9-16(13)24/h8-11,24-25H,1-7H3. The van der Waals surface area contributed by atoms with Crippen molar-refractivity contribution in [2.24, 2.45) is 0 Å². The third-order valence-electron chi connectivity index (χ3n) is 4.69. The minimum absolute atomic E-state index is 0.0372. The second-order valence-electron chi connectivity index (χ2n) is 8.90. The van der Waals surface area contributed by atoms with Crippen LogP contribution in [0.1, 0.15) is 52.7 Å². The molecule has 2 N–H and O–H groups in total. The lowest BCUT2D eigenvalue weighted by Gasteiger charge is -2.25. The Hall–Kier alpha value is -2.69. The van der Waals surface area contributed by atoms with Crippen LogP contribution in [-0.4, -0.2) is 22.3 Å². The Morgan fingerprint density at radius 2 is 1.56 bits per heavy atom. The van der Waals surface area contributed by atoms with E-state index in [9.17, 15) is 10.2 Å². The van der Waals surface area contributed by atoms with Crippen LogP contribution in [0.4, 0.5) is 0 Å². The largest absolute Gasteiger partial charge is 0.507 e. The zero-order chi connectivity index (χ0) is 20.1. The molecule has 0 saturated carbocycles. The van der Waals surface area contributed by atoms with Crippen LogP contribution in [0.2, 0.25) is 0 Å². The summed E-state index contributed by atoms with van der Waals surface area (Å²) in [5, 5.41) is 21.2. The lowest BCUT2D eigenvalue weighted by Crippen LogP contribution is -2.16. The van der Waals surface area contributed by atoms with Gasteiger partial charge in [0.25, 0.3) is 0 Å². The maximum absolute atomic E-state index is 10.9. The highest BCUT2D eigenvalue weighted by molar-refractivity contribution is 5.88. The van der Waals surface area contributed by atoms with Gasteiger partial charge in [-0.3, -0.25) is 0 Å². The predicted octanol–water partition coefficient (Wildman–Crippen LogP) is 5.51. The highest BCUT2D eigenvalue weighted by Crippen LogP contribution is 2.44. The average molecular weight is 369 g/mol. The van der Waals surface area contributed by atoms with E-state index in [0.29, 0.717) is 22.4 Å². The van der Waals surface area contributed by atoms with E-state index in [1.54, 1.807) is 19.2 Å². The Kier molecular flexibility index (Phi) is 4.37. The number of hydrogen-bond acceptors (Lipinski definition) is 5. The van der Waals surface area contributed by atoms with Gasteiger partial charge in [0, 0.05) is 11.1 Å². The molecule has 1 aromatic heterocycles. The van der Waals surface area contributed by atoms with Gasteiger partial charge in [0.05, 0.1) is 12.7 Å². The summed E-state index contributed by atoms with van der Waals surface area (Å²) in [4.78, 5) is 4.53. The number of phenolic OH excluding ortho intramolecular Hbond substituents is 2. The van der Waals surface area contributed by atoms with E-state index < -0.39 is 0 Å². The third-order valence-corrected chi connectivity index (χ3v) is 4.69. The zero-order valence-corrected chi connectivity index (χ0v) is 17.0. The maximum Gasteiger partial charge on any atom is 0.231 e. The van der Waals surface area contributed by atoms with Crippen molar-refractivity contribution in [2.45, 2.75) is 52.4 Å². The molecule has 0 spiro atoms. The van der Waals surface area contributed by atoms with Gasteiger partial charge in [-0.1, -0.05) is 41.5 Å². The first-order valence-corrected chi connectivity index (χ1v) is 8.98. The van der Waals surface area contributed by atoms with Crippen molar-refractivity contribution in [3.8, 4) is 28.7 Å². The van der Waals surface area contributed by atoms with E-state index in [0.717, 1.165) is 11.1 Å². The normalized spacial score (nSPS) is 12.6. The van der Waals surface area contributed by atoms with Crippen LogP contribution in [0, 0.1) is 0 Å². The molecule has 3 aromatic rings. The number of aromatic nitrogens is 1. The Labute approximate surface area is 159 Å². The van der Waals surface area contributed by atoms with Gasteiger partial charge >= 0.3 is 0 Å². The van der Waals surface area contributed by atoms with Crippen molar-refractivity contribution in [1.29, 1.82) is 0 Å². The SMILES string of the molecule is COc1ccc(O)c(-c2nc3c(O)c(C(C)(C)C)cc(C(C)(C)C)c3o2)c1. The fraction of sp³-hybridized carbons (Fsp3) is 0.409. The van der Waals surface area contributed by atoms with Gasteiger partial charge in [-0.2, -0.15) is 0 Å². The van der Waals surface area contributed by atoms with Crippen LogP contribution in [0.25, 0.3) is 22.6 Å². The number of methoxy groups -OCH3 is 1. The molecule has 27 heavy (non-hydrogen) atoms. The molecule has 0 bridgehead atoms. The van der Waals surface area contributed by atoms with E-state index >= 15 is 0 Å². The van der Waals surface area contributed by atoms with Gasteiger partial charge in [0.15, 0.2) is 11.1 Å². The highest BCUT2D eigenvalue weighted by atomic mass is 16.5. The number of oxazole rings is 1. The first-order valence-electron chi connectivity index (χ1n) is 8.98. The van der Waals surface area contributed by atoms with Crippen molar-refractivity contribution in [3.63, 3.8) is 0 Å². The Balaban J connectivity index is 2.36. The van der Waals surface area contributed by atoms with Crippen LogP contribution in [0.15, 0.2) is 28.7 Å².